The van der Waals surface area contributed by atoms with E-state index >= 15 is 0 Å². The Morgan fingerprint density at radius 3 is 2.47 bits per heavy atom. The van der Waals surface area contributed by atoms with Gasteiger partial charge < -0.3 is 5.32 Å². The van der Waals surface area contributed by atoms with Crippen LogP contribution in [0, 0.1) is 5.41 Å². The maximum absolute atomic E-state index is 12.2. The van der Waals surface area contributed by atoms with E-state index < -0.39 is 10.8 Å². The lowest BCUT2D eigenvalue weighted by molar-refractivity contribution is 0.216. The van der Waals surface area contributed by atoms with Gasteiger partial charge in [0.15, 0.2) is 0 Å². The second kappa shape index (κ2) is 4.96. The van der Waals surface area contributed by atoms with Crippen molar-refractivity contribution in [2.75, 3.05) is 7.05 Å². The highest BCUT2D eigenvalue weighted by Gasteiger charge is 2.37. The fourth-order valence-electron chi connectivity index (χ4n) is 2.44. The minimum atomic E-state index is -0.697. The van der Waals surface area contributed by atoms with Crippen LogP contribution in [0.25, 0.3) is 0 Å². The first kappa shape index (κ1) is 13.2. The summed E-state index contributed by atoms with van der Waals surface area (Å²) in [6.07, 6.45) is 3.49. The minimum Gasteiger partial charge on any atom is -0.316 e. The summed E-state index contributed by atoms with van der Waals surface area (Å²) < 4.78 is 12.2. The fraction of sp³-hybridized carbons (Fsp3) is 1.00. The molecular formula is C12H25NOS. The molecule has 1 N–H and O–H groups in total. The van der Waals surface area contributed by atoms with Crippen LogP contribution >= 0.6 is 0 Å². The number of hydrogen-bond donors (Lipinski definition) is 1. The molecule has 0 aromatic heterocycles. The molecule has 3 unspecified atom stereocenters. The van der Waals surface area contributed by atoms with E-state index in [9.17, 15) is 4.21 Å². The van der Waals surface area contributed by atoms with Crippen LogP contribution < -0.4 is 5.32 Å². The van der Waals surface area contributed by atoms with E-state index in [1.807, 2.05) is 7.05 Å². The third-order valence-corrected chi connectivity index (χ3v) is 5.49. The topological polar surface area (TPSA) is 29.1 Å². The first-order valence-electron chi connectivity index (χ1n) is 5.94. The Bertz CT molecular complexity index is 238. The van der Waals surface area contributed by atoms with Crippen LogP contribution in [0.15, 0.2) is 0 Å². The Hall–Kier alpha value is 0.110. The Morgan fingerprint density at radius 1 is 1.40 bits per heavy atom. The van der Waals surface area contributed by atoms with Crippen LogP contribution in [0.1, 0.15) is 47.0 Å². The lowest BCUT2D eigenvalue weighted by atomic mass is 9.75. The van der Waals surface area contributed by atoms with Gasteiger partial charge in [-0.25, -0.2) is 0 Å². The summed E-state index contributed by atoms with van der Waals surface area (Å²) in [4.78, 5) is 0. The highest BCUT2D eigenvalue weighted by Crippen LogP contribution is 2.37. The Balaban J connectivity index is 2.76. The van der Waals surface area contributed by atoms with E-state index in [4.69, 9.17) is 0 Å². The monoisotopic (exact) mass is 231 g/mol. The second-order valence-electron chi connectivity index (χ2n) is 5.72. The van der Waals surface area contributed by atoms with Gasteiger partial charge in [0.25, 0.3) is 0 Å². The fourth-order valence-corrected chi connectivity index (χ4v) is 4.36. The average molecular weight is 231 g/mol. The van der Waals surface area contributed by atoms with Crippen molar-refractivity contribution in [3.05, 3.63) is 0 Å². The molecular weight excluding hydrogens is 206 g/mol. The van der Waals surface area contributed by atoms with Crippen LogP contribution in [-0.2, 0) is 10.8 Å². The van der Waals surface area contributed by atoms with E-state index in [0.29, 0.717) is 16.7 Å². The van der Waals surface area contributed by atoms with E-state index in [1.165, 1.54) is 6.42 Å². The van der Waals surface area contributed by atoms with Crippen molar-refractivity contribution in [2.45, 2.75) is 63.5 Å². The van der Waals surface area contributed by atoms with Crippen LogP contribution in [0.5, 0.6) is 0 Å². The van der Waals surface area contributed by atoms with Gasteiger partial charge in [-0.3, -0.25) is 4.21 Å². The number of rotatable bonds is 3. The predicted octanol–water partition coefficient (Wildman–Crippen LogP) is 2.31. The van der Waals surface area contributed by atoms with Crippen molar-refractivity contribution in [3.8, 4) is 0 Å². The molecule has 3 heteroatoms. The van der Waals surface area contributed by atoms with E-state index in [1.54, 1.807) is 0 Å². The maximum Gasteiger partial charge on any atom is 0.0508 e. The summed E-state index contributed by atoms with van der Waals surface area (Å²) in [6, 6.07) is 0.446. The molecule has 0 bridgehead atoms. The third kappa shape index (κ3) is 3.28. The smallest absolute Gasteiger partial charge is 0.0508 e. The largest absolute Gasteiger partial charge is 0.316 e. The van der Waals surface area contributed by atoms with Gasteiger partial charge in [0, 0.05) is 22.1 Å². The molecule has 0 aromatic rings. The highest BCUT2D eigenvalue weighted by atomic mass is 32.2. The molecule has 1 fully saturated rings. The molecule has 1 aliphatic rings. The summed E-state index contributed by atoms with van der Waals surface area (Å²) in [7, 11) is 1.30. The van der Waals surface area contributed by atoms with Gasteiger partial charge in [-0.05, 0) is 31.7 Å². The van der Waals surface area contributed by atoms with Crippen molar-refractivity contribution >= 4 is 10.8 Å². The molecule has 1 aliphatic carbocycles. The van der Waals surface area contributed by atoms with Gasteiger partial charge in [-0.15, -0.1) is 0 Å². The highest BCUT2D eigenvalue weighted by molar-refractivity contribution is 7.86. The van der Waals surface area contributed by atoms with E-state index in [0.717, 1.165) is 12.8 Å². The van der Waals surface area contributed by atoms with E-state index in [-0.39, 0.29) is 5.25 Å². The molecule has 1 saturated carbocycles. The molecule has 2 nitrogen and oxygen atoms in total. The molecule has 0 aliphatic heterocycles. The molecule has 1 rings (SSSR count). The lowest BCUT2D eigenvalue weighted by Gasteiger charge is -2.40. The lowest BCUT2D eigenvalue weighted by Crippen LogP contribution is -2.48. The van der Waals surface area contributed by atoms with Crippen molar-refractivity contribution in [1.29, 1.82) is 0 Å². The molecule has 0 saturated heterocycles. The quantitative estimate of drug-likeness (QED) is 0.807. The molecule has 0 radical (unpaired) electrons. The SMILES string of the molecule is CNC1CCC(C)(C)CC1S(=O)C(C)C. The minimum absolute atomic E-state index is 0.278. The summed E-state index contributed by atoms with van der Waals surface area (Å²) in [6.45, 7) is 8.71. The number of hydrogen-bond acceptors (Lipinski definition) is 2. The zero-order valence-corrected chi connectivity index (χ0v) is 11.5. The molecule has 0 aromatic carbocycles. The molecule has 0 amide bonds. The summed E-state index contributed by atoms with van der Waals surface area (Å²) in [5.41, 5.74) is 0.364. The zero-order valence-electron chi connectivity index (χ0n) is 10.7. The summed E-state index contributed by atoms with van der Waals surface area (Å²) in [5, 5.41) is 3.94. The van der Waals surface area contributed by atoms with Gasteiger partial charge in [0.1, 0.15) is 0 Å². The van der Waals surface area contributed by atoms with Crippen LogP contribution in [0.3, 0.4) is 0 Å². The van der Waals surface area contributed by atoms with Crippen LogP contribution in [0.4, 0.5) is 0 Å². The zero-order chi connectivity index (χ0) is 11.6. The van der Waals surface area contributed by atoms with Crippen molar-refractivity contribution in [1.82, 2.24) is 5.32 Å². The Morgan fingerprint density at radius 2 is 2.00 bits per heavy atom. The Kier molecular flexibility index (Phi) is 4.36. The van der Waals surface area contributed by atoms with Gasteiger partial charge in [0.2, 0.25) is 0 Å². The summed E-state index contributed by atoms with van der Waals surface area (Å²) >= 11 is 0. The van der Waals surface area contributed by atoms with Gasteiger partial charge in [-0.1, -0.05) is 27.7 Å². The third-order valence-electron chi connectivity index (χ3n) is 3.47. The van der Waals surface area contributed by atoms with Crippen LogP contribution in [-0.4, -0.2) is 27.8 Å². The van der Waals surface area contributed by atoms with Gasteiger partial charge in [-0.2, -0.15) is 0 Å². The molecule has 15 heavy (non-hydrogen) atoms. The standard InChI is InChI=1S/C12H25NOS/c1-9(2)15(14)11-8-12(3,4)7-6-10(11)13-5/h9-11,13H,6-8H2,1-5H3. The molecule has 0 spiro atoms. The first-order valence-corrected chi connectivity index (χ1v) is 7.21. The van der Waals surface area contributed by atoms with Gasteiger partial charge in [0.05, 0.1) is 5.25 Å². The van der Waals surface area contributed by atoms with Crippen LogP contribution in [0.2, 0.25) is 0 Å². The first-order chi connectivity index (χ1) is 6.87. The summed E-state index contributed by atoms with van der Waals surface area (Å²) in [5.74, 6) is 0. The molecule has 3 atom stereocenters. The molecule has 0 heterocycles. The second-order valence-corrected chi connectivity index (χ2v) is 7.92. The molecule has 90 valence electrons. The maximum atomic E-state index is 12.2. The predicted molar refractivity (Wildman–Crippen MR) is 67.5 cm³/mol. The van der Waals surface area contributed by atoms with E-state index in [2.05, 4.69) is 33.0 Å². The van der Waals surface area contributed by atoms with Crippen molar-refractivity contribution in [2.24, 2.45) is 5.41 Å². The van der Waals surface area contributed by atoms with Gasteiger partial charge >= 0.3 is 0 Å². The Labute approximate surface area is 96.7 Å². The average Bonchev–Trinajstić information content (AvgIpc) is 2.15. The van der Waals surface area contributed by atoms with Crippen molar-refractivity contribution in [3.63, 3.8) is 0 Å². The number of nitrogens with one attached hydrogen (secondary N) is 1. The van der Waals surface area contributed by atoms with Crippen molar-refractivity contribution < 1.29 is 4.21 Å². The normalized spacial score (nSPS) is 32.9.